The van der Waals surface area contributed by atoms with Gasteiger partial charge < -0.3 is 9.73 Å². The maximum absolute atomic E-state index is 13.2. The zero-order valence-corrected chi connectivity index (χ0v) is 17.9. The second-order valence-electron chi connectivity index (χ2n) is 6.95. The van der Waals surface area contributed by atoms with E-state index in [1.165, 1.54) is 12.3 Å². The smallest absolute Gasteiger partial charge is 0.433 e. The number of carbonyl (C=O) groups excluding carboxylic acids is 1. The van der Waals surface area contributed by atoms with Gasteiger partial charge in [-0.05, 0) is 23.8 Å². The molecular formula is C22H18F3N5O2S. The lowest BCUT2D eigenvalue weighted by Crippen LogP contribution is -2.12. The van der Waals surface area contributed by atoms with Gasteiger partial charge in [-0.15, -0.1) is 0 Å². The number of thioether (sulfide) groups is 1. The summed E-state index contributed by atoms with van der Waals surface area (Å²) >= 11 is 0.962. The molecule has 4 rings (SSSR count). The second kappa shape index (κ2) is 9.90. The first-order valence-electron chi connectivity index (χ1n) is 9.86. The molecule has 0 bridgehead atoms. The first-order valence-corrected chi connectivity index (χ1v) is 10.8. The average Bonchev–Trinajstić information content (AvgIpc) is 3.46. The predicted octanol–water partition coefficient (Wildman–Crippen LogP) is 5.12. The van der Waals surface area contributed by atoms with Crippen molar-refractivity contribution in [2.45, 2.75) is 24.3 Å². The van der Waals surface area contributed by atoms with Gasteiger partial charge in [0.15, 0.2) is 10.9 Å². The lowest BCUT2D eigenvalue weighted by atomic mass is 10.2. The summed E-state index contributed by atoms with van der Waals surface area (Å²) in [6.07, 6.45) is 0.0358. The minimum absolute atomic E-state index is 0.0279. The van der Waals surface area contributed by atoms with Gasteiger partial charge in [-0.3, -0.25) is 9.48 Å². The van der Waals surface area contributed by atoms with Crippen molar-refractivity contribution in [2.75, 3.05) is 11.1 Å². The molecule has 0 saturated heterocycles. The van der Waals surface area contributed by atoms with Crippen LogP contribution in [0.1, 0.15) is 17.7 Å². The summed E-state index contributed by atoms with van der Waals surface area (Å²) < 4.78 is 46.5. The van der Waals surface area contributed by atoms with E-state index in [4.69, 9.17) is 4.42 Å². The van der Waals surface area contributed by atoms with Crippen molar-refractivity contribution >= 4 is 23.4 Å². The molecule has 0 aliphatic rings. The topological polar surface area (TPSA) is 85.8 Å². The van der Waals surface area contributed by atoms with E-state index in [9.17, 15) is 18.0 Å². The number of benzene rings is 1. The number of anilines is 1. The first-order chi connectivity index (χ1) is 15.9. The van der Waals surface area contributed by atoms with Crippen LogP contribution in [0.4, 0.5) is 18.9 Å². The van der Waals surface area contributed by atoms with Crippen LogP contribution in [-0.4, -0.2) is 31.4 Å². The van der Waals surface area contributed by atoms with Gasteiger partial charge in [0.05, 0.1) is 24.7 Å². The fraction of sp³-hybridized carbons (Fsp3) is 0.182. The first kappa shape index (κ1) is 22.6. The summed E-state index contributed by atoms with van der Waals surface area (Å²) in [5, 5.41) is 6.87. The van der Waals surface area contributed by atoms with E-state index in [1.54, 1.807) is 23.1 Å². The Hall–Kier alpha value is -3.60. The van der Waals surface area contributed by atoms with Gasteiger partial charge in [0, 0.05) is 18.4 Å². The van der Waals surface area contributed by atoms with Gasteiger partial charge in [-0.2, -0.15) is 18.3 Å². The number of aromatic nitrogens is 4. The Morgan fingerprint density at radius 2 is 1.94 bits per heavy atom. The van der Waals surface area contributed by atoms with Crippen LogP contribution < -0.4 is 5.32 Å². The van der Waals surface area contributed by atoms with Crippen LogP contribution in [0.25, 0.3) is 11.5 Å². The van der Waals surface area contributed by atoms with E-state index in [2.05, 4.69) is 20.4 Å². The summed E-state index contributed by atoms with van der Waals surface area (Å²) in [4.78, 5) is 20.0. The monoisotopic (exact) mass is 473 g/mol. The lowest BCUT2D eigenvalue weighted by molar-refractivity contribution is -0.141. The minimum Gasteiger partial charge on any atom is -0.463 e. The molecule has 33 heavy (non-hydrogen) atoms. The van der Waals surface area contributed by atoms with E-state index in [1.807, 2.05) is 30.3 Å². The SMILES string of the molecule is O=C(CCSc1nc(-c2ccco2)cc(C(F)(F)F)n1)Nc1cnn(Cc2ccccc2)c1. The number of rotatable bonds is 8. The second-order valence-corrected chi connectivity index (χ2v) is 8.02. The maximum Gasteiger partial charge on any atom is 0.433 e. The number of nitrogens with one attached hydrogen (secondary N) is 1. The van der Waals surface area contributed by atoms with Crippen molar-refractivity contribution in [3.8, 4) is 11.5 Å². The van der Waals surface area contributed by atoms with Crippen molar-refractivity contribution in [3.05, 3.63) is 78.4 Å². The number of amides is 1. The molecular weight excluding hydrogens is 455 g/mol. The Kier molecular flexibility index (Phi) is 6.78. The van der Waals surface area contributed by atoms with Crippen molar-refractivity contribution in [3.63, 3.8) is 0 Å². The summed E-state index contributed by atoms with van der Waals surface area (Å²) in [7, 11) is 0. The van der Waals surface area contributed by atoms with Gasteiger partial charge in [0.25, 0.3) is 0 Å². The highest BCUT2D eigenvalue weighted by molar-refractivity contribution is 7.99. The van der Waals surface area contributed by atoms with Gasteiger partial charge in [0.2, 0.25) is 5.91 Å². The van der Waals surface area contributed by atoms with Gasteiger partial charge in [0.1, 0.15) is 11.4 Å². The molecule has 11 heteroatoms. The largest absolute Gasteiger partial charge is 0.463 e. The van der Waals surface area contributed by atoms with E-state index in [0.717, 1.165) is 23.4 Å². The van der Waals surface area contributed by atoms with Crippen LogP contribution in [0.15, 0.2) is 76.8 Å². The fourth-order valence-corrected chi connectivity index (χ4v) is 3.72. The van der Waals surface area contributed by atoms with E-state index in [0.29, 0.717) is 12.2 Å². The third-order valence-corrected chi connectivity index (χ3v) is 5.28. The molecule has 1 amide bonds. The highest BCUT2D eigenvalue weighted by Crippen LogP contribution is 2.32. The van der Waals surface area contributed by atoms with Crippen molar-refractivity contribution in [1.29, 1.82) is 0 Å². The lowest BCUT2D eigenvalue weighted by Gasteiger charge is -2.09. The van der Waals surface area contributed by atoms with E-state index >= 15 is 0 Å². The summed E-state index contributed by atoms with van der Waals surface area (Å²) in [6, 6.07) is 13.7. The highest BCUT2D eigenvalue weighted by atomic mass is 32.2. The Labute approximate surface area is 191 Å². The van der Waals surface area contributed by atoms with E-state index in [-0.39, 0.29) is 34.7 Å². The number of hydrogen-bond acceptors (Lipinski definition) is 6. The molecule has 3 heterocycles. The van der Waals surface area contributed by atoms with Crippen molar-refractivity contribution in [2.24, 2.45) is 0 Å². The molecule has 4 aromatic rings. The molecule has 0 spiro atoms. The standard InChI is InChI=1S/C22H18F3N5O2S/c23-22(24,25)19-11-17(18-7-4-9-32-18)28-21(29-19)33-10-8-20(31)27-16-12-26-30(14-16)13-15-5-2-1-3-6-15/h1-7,9,11-12,14H,8,10,13H2,(H,27,31). The molecule has 0 unspecified atom stereocenters. The third kappa shape index (κ3) is 6.22. The Morgan fingerprint density at radius 1 is 1.12 bits per heavy atom. The van der Waals surface area contributed by atoms with Crippen LogP contribution >= 0.6 is 11.8 Å². The summed E-state index contributed by atoms with van der Waals surface area (Å²) in [5.74, 6) is 0.109. The quantitative estimate of drug-likeness (QED) is 0.282. The number of alkyl halides is 3. The van der Waals surface area contributed by atoms with Crippen molar-refractivity contribution in [1.82, 2.24) is 19.7 Å². The molecule has 1 N–H and O–H groups in total. The number of halogens is 3. The molecule has 1 aromatic carbocycles. The predicted molar refractivity (Wildman–Crippen MR) is 116 cm³/mol. The molecule has 0 fully saturated rings. The number of carbonyl (C=O) groups is 1. The molecule has 0 aliphatic carbocycles. The Balaban J connectivity index is 1.34. The highest BCUT2D eigenvalue weighted by Gasteiger charge is 2.34. The van der Waals surface area contributed by atoms with Crippen LogP contribution in [-0.2, 0) is 17.5 Å². The van der Waals surface area contributed by atoms with Crippen LogP contribution in [0.3, 0.4) is 0 Å². The summed E-state index contributed by atoms with van der Waals surface area (Å²) in [5.41, 5.74) is 0.572. The van der Waals surface area contributed by atoms with Gasteiger partial charge in [-0.1, -0.05) is 42.1 Å². The zero-order chi connectivity index (χ0) is 23.3. The van der Waals surface area contributed by atoms with Crippen molar-refractivity contribution < 1.29 is 22.4 Å². The zero-order valence-electron chi connectivity index (χ0n) is 17.1. The van der Waals surface area contributed by atoms with Crippen LogP contribution in [0, 0.1) is 0 Å². The molecule has 0 aliphatic heterocycles. The molecule has 0 atom stereocenters. The van der Waals surface area contributed by atoms with Crippen LogP contribution in [0.2, 0.25) is 0 Å². The average molecular weight is 473 g/mol. The molecule has 7 nitrogen and oxygen atoms in total. The number of nitrogens with zero attached hydrogens (tertiary/aromatic N) is 4. The molecule has 0 radical (unpaired) electrons. The minimum atomic E-state index is -4.63. The normalized spacial score (nSPS) is 11.5. The van der Waals surface area contributed by atoms with Gasteiger partial charge in [-0.25, -0.2) is 9.97 Å². The molecule has 0 saturated carbocycles. The Bertz CT molecular complexity index is 1210. The maximum atomic E-state index is 13.2. The van der Waals surface area contributed by atoms with E-state index < -0.39 is 11.9 Å². The van der Waals surface area contributed by atoms with Gasteiger partial charge >= 0.3 is 6.18 Å². The number of furan rings is 1. The molecule has 3 aromatic heterocycles. The Morgan fingerprint density at radius 3 is 2.67 bits per heavy atom. The molecule has 170 valence electrons. The van der Waals surface area contributed by atoms with Crippen LogP contribution in [0.5, 0.6) is 0 Å². The fourth-order valence-electron chi connectivity index (χ4n) is 2.93. The number of hydrogen-bond donors (Lipinski definition) is 1. The summed E-state index contributed by atoms with van der Waals surface area (Å²) in [6.45, 7) is 0.567. The third-order valence-electron chi connectivity index (χ3n) is 4.43.